The number of nitrogens with zero attached hydrogens (tertiary/aromatic N) is 4. The van der Waals surface area contributed by atoms with E-state index in [0.29, 0.717) is 13.1 Å². The lowest BCUT2D eigenvalue weighted by Crippen LogP contribution is -2.40. The minimum absolute atomic E-state index is 0.267. The van der Waals surface area contributed by atoms with Gasteiger partial charge in [0, 0.05) is 49.2 Å². The normalized spacial score (nSPS) is 14.5. The van der Waals surface area contributed by atoms with Crippen LogP contribution in [0.25, 0.3) is 11.1 Å². The van der Waals surface area contributed by atoms with Crippen molar-refractivity contribution in [1.29, 1.82) is 0 Å². The number of hydrogen-bond acceptors (Lipinski definition) is 4. The molecule has 0 saturated heterocycles. The first-order valence-electron chi connectivity index (χ1n) is 8.19. The second-order valence-electron chi connectivity index (χ2n) is 7.28. The standard InChI is InChI=1S/C18H24N4O2/c1-12-15(11-21(5)20-12)13-8-14-10-22(7-6-16(14)19-9-13)17(23)24-18(2,3)4/h8-9,11H,6-7,10H2,1-5H3. The van der Waals surface area contributed by atoms with Crippen LogP contribution in [0.5, 0.6) is 0 Å². The second kappa shape index (κ2) is 5.92. The van der Waals surface area contributed by atoms with Crippen LogP contribution in [0.1, 0.15) is 37.7 Å². The van der Waals surface area contributed by atoms with E-state index in [9.17, 15) is 4.79 Å². The molecule has 0 spiro atoms. The molecule has 1 aliphatic heterocycles. The van der Waals surface area contributed by atoms with Gasteiger partial charge >= 0.3 is 6.09 Å². The van der Waals surface area contributed by atoms with E-state index < -0.39 is 5.60 Å². The van der Waals surface area contributed by atoms with Crippen molar-refractivity contribution < 1.29 is 9.53 Å². The van der Waals surface area contributed by atoms with Gasteiger partial charge < -0.3 is 9.64 Å². The van der Waals surface area contributed by atoms with Crippen molar-refractivity contribution in [3.63, 3.8) is 0 Å². The maximum Gasteiger partial charge on any atom is 0.410 e. The topological polar surface area (TPSA) is 60.2 Å². The summed E-state index contributed by atoms with van der Waals surface area (Å²) < 4.78 is 7.29. The quantitative estimate of drug-likeness (QED) is 0.807. The van der Waals surface area contributed by atoms with E-state index in [1.54, 1.807) is 9.58 Å². The number of rotatable bonds is 1. The smallest absolute Gasteiger partial charge is 0.410 e. The van der Waals surface area contributed by atoms with E-state index in [4.69, 9.17) is 4.74 Å². The fourth-order valence-corrected chi connectivity index (χ4v) is 2.94. The van der Waals surface area contributed by atoms with Gasteiger partial charge in [-0.05, 0) is 39.3 Å². The third-order valence-corrected chi connectivity index (χ3v) is 4.02. The Morgan fingerprint density at radius 2 is 2.08 bits per heavy atom. The van der Waals surface area contributed by atoms with Crippen LogP contribution in [0.2, 0.25) is 0 Å². The highest BCUT2D eigenvalue weighted by Crippen LogP contribution is 2.27. The lowest BCUT2D eigenvalue weighted by Gasteiger charge is -2.31. The minimum Gasteiger partial charge on any atom is -0.444 e. The first kappa shape index (κ1) is 16.5. The van der Waals surface area contributed by atoms with Crippen LogP contribution in [-0.4, -0.2) is 37.9 Å². The van der Waals surface area contributed by atoms with Gasteiger partial charge in [-0.1, -0.05) is 0 Å². The molecule has 0 saturated carbocycles. The molecule has 3 heterocycles. The fourth-order valence-electron chi connectivity index (χ4n) is 2.94. The van der Waals surface area contributed by atoms with Crippen molar-refractivity contribution in [2.75, 3.05) is 6.54 Å². The number of hydrogen-bond donors (Lipinski definition) is 0. The molecule has 0 radical (unpaired) electrons. The maximum atomic E-state index is 12.3. The molecule has 6 heteroatoms. The molecule has 0 unspecified atom stereocenters. The Labute approximate surface area is 142 Å². The lowest BCUT2D eigenvalue weighted by molar-refractivity contribution is 0.0223. The molecular weight excluding hydrogens is 304 g/mol. The Morgan fingerprint density at radius 1 is 1.33 bits per heavy atom. The van der Waals surface area contributed by atoms with E-state index in [-0.39, 0.29) is 6.09 Å². The Balaban J connectivity index is 1.84. The number of aromatic nitrogens is 3. The average Bonchev–Trinajstić information content (AvgIpc) is 2.83. The molecule has 128 valence electrons. The summed E-state index contributed by atoms with van der Waals surface area (Å²) in [7, 11) is 1.91. The molecule has 24 heavy (non-hydrogen) atoms. The molecular formula is C18H24N4O2. The van der Waals surface area contributed by atoms with Gasteiger partial charge in [0.25, 0.3) is 0 Å². The summed E-state index contributed by atoms with van der Waals surface area (Å²) in [6.07, 6.45) is 4.37. The summed E-state index contributed by atoms with van der Waals surface area (Å²) in [4.78, 5) is 18.6. The van der Waals surface area contributed by atoms with E-state index in [0.717, 1.165) is 34.5 Å². The van der Waals surface area contributed by atoms with Gasteiger partial charge in [0.15, 0.2) is 0 Å². The third kappa shape index (κ3) is 3.42. The average molecular weight is 328 g/mol. The van der Waals surface area contributed by atoms with E-state index in [1.165, 1.54) is 0 Å². The number of ether oxygens (including phenoxy) is 1. The molecule has 3 rings (SSSR count). The van der Waals surface area contributed by atoms with Crippen LogP contribution in [0.3, 0.4) is 0 Å². The molecule has 0 N–H and O–H groups in total. The van der Waals surface area contributed by atoms with Crippen molar-refractivity contribution >= 4 is 6.09 Å². The predicted octanol–water partition coefficient (Wildman–Crippen LogP) is 3.08. The highest BCUT2D eigenvalue weighted by Gasteiger charge is 2.26. The van der Waals surface area contributed by atoms with E-state index >= 15 is 0 Å². The van der Waals surface area contributed by atoms with Gasteiger partial charge in [-0.25, -0.2) is 4.79 Å². The van der Waals surface area contributed by atoms with Gasteiger partial charge in [0.1, 0.15) is 5.60 Å². The molecule has 2 aromatic rings. The number of pyridine rings is 1. The Morgan fingerprint density at radius 3 is 2.71 bits per heavy atom. The second-order valence-corrected chi connectivity index (χ2v) is 7.28. The summed E-state index contributed by atoms with van der Waals surface area (Å²) in [5.74, 6) is 0. The first-order valence-corrected chi connectivity index (χ1v) is 8.19. The number of fused-ring (bicyclic) bond motifs is 1. The zero-order valence-corrected chi connectivity index (χ0v) is 15.0. The minimum atomic E-state index is -0.482. The fraction of sp³-hybridized carbons (Fsp3) is 0.500. The number of carbonyl (C=O) groups excluding carboxylic acids is 1. The highest BCUT2D eigenvalue weighted by molar-refractivity contribution is 5.69. The molecule has 1 aliphatic rings. The van der Waals surface area contributed by atoms with Crippen LogP contribution >= 0.6 is 0 Å². The molecule has 0 atom stereocenters. The zero-order valence-electron chi connectivity index (χ0n) is 15.0. The summed E-state index contributed by atoms with van der Waals surface area (Å²) >= 11 is 0. The zero-order chi connectivity index (χ0) is 17.5. The van der Waals surface area contributed by atoms with Crippen molar-refractivity contribution in [2.45, 2.75) is 46.3 Å². The monoisotopic (exact) mass is 328 g/mol. The summed E-state index contributed by atoms with van der Waals surface area (Å²) in [6.45, 7) is 8.81. The van der Waals surface area contributed by atoms with Gasteiger partial charge in [-0.3, -0.25) is 9.67 Å². The van der Waals surface area contributed by atoms with Crippen LogP contribution < -0.4 is 0 Å². The largest absolute Gasteiger partial charge is 0.444 e. The van der Waals surface area contributed by atoms with Crippen LogP contribution in [0.15, 0.2) is 18.5 Å². The molecule has 2 aromatic heterocycles. The molecule has 0 bridgehead atoms. The molecule has 0 aromatic carbocycles. The summed E-state index contributed by atoms with van der Waals surface area (Å²) in [6, 6.07) is 2.11. The molecule has 0 aliphatic carbocycles. The van der Waals surface area contributed by atoms with Gasteiger partial charge in [0.05, 0.1) is 12.2 Å². The Hall–Kier alpha value is -2.37. The number of aryl methyl sites for hydroxylation is 2. The van der Waals surface area contributed by atoms with E-state index in [2.05, 4.69) is 16.1 Å². The van der Waals surface area contributed by atoms with E-state index in [1.807, 2.05) is 47.1 Å². The van der Waals surface area contributed by atoms with Crippen molar-refractivity contribution in [3.05, 3.63) is 35.4 Å². The van der Waals surface area contributed by atoms with Crippen LogP contribution in [0, 0.1) is 6.92 Å². The Kier molecular flexibility index (Phi) is 4.07. The van der Waals surface area contributed by atoms with Crippen molar-refractivity contribution in [3.8, 4) is 11.1 Å². The molecule has 6 nitrogen and oxygen atoms in total. The van der Waals surface area contributed by atoms with Crippen molar-refractivity contribution in [2.24, 2.45) is 7.05 Å². The van der Waals surface area contributed by atoms with Crippen LogP contribution in [-0.2, 0) is 24.8 Å². The third-order valence-electron chi connectivity index (χ3n) is 4.02. The maximum absolute atomic E-state index is 12.3. The highest BCUT2D eigenvalue weighted by atomic mass is 16.6. The van der Waals surface area contributed by atoms with Crippen molar-refractivity contribution in [1.82, 2.24) is 19.7 Å². The molecule has 1 amide bonds. The summed E-state index contributed by atoms with van der Waals surface area (Å²) in [5.41, 5.74) is 4.73. The number of amides is 1. The predicted molar refractivity (Wildman–Crippen MR) is 91.5 cm³/mol. The van der Waals surface area contributed by atoms with Gasteiger partial charge in [-0.2, -0.15) is 5.10 Å². The Bertz CT molecular complexity index is 774. The lowest BCUT2D eigenvalue weighted by atomic mass is 10.0. The van der Waals surface area contributed by atoms with Gasteiger partial charge in [-0.15, -0.1) is 0 Å². The van der Waals surface area contributed by atoms with Gasteiger partial charge in [0.2, 0.25) is 0 Å². The molecule has 0 fully saturated rings. The summed E-state index contributed by atoms with van der Waals surface area (Å²) in [5, 5.41) is 4.39. The SMILES string of the molecule is Cc1nn(C)cc1-c1cnc2c(c1)CN(C(=O)OC(C)(C)C)CC2. The van der Waals surface area contributed by atoms with Crippen LogP contribution in [0.4, 0.5) is 4.79 Å². The number of carbonyl (C=O) groups is 1. The first-order chi connectivity index (χ1) is 11.2.